The summed E-state index contributed by atoms with van der Waals surface area (Å²) in [7, 11) is -0.209. The highest BCUT2D eigenvalue weighted by molar-refractivity contribution is 7.91. The molecule has 0 aliphatic heterocycles. The number of benzene rings is 1. The van der Waals surface area contributed by atoms with Crippen LogP contribution in [-0.2, 0) is 9.84 Å². The highest BCUT2D eigenvalue weighted by atomic mass is 32.2. The largest absolute Gasteiger partial charge is 0.448 e. The van der Waals surface area contributed by atoms with Crippen LogP contribution in [0, 0.1) is 5.21 Å². The first kappa shape index (κ1) is 15.3. The first-order valence-corrected chi connectivity index (χ1v) is 7.73. The van der Waals surface area contributed by atoms with Gasteiger partial charge in [0.25, 0.3) is 9.84 Å². The third-order valence-corrected chi connectivity index (χ3v) is 4.42. The zero-order valence-corrected chi connectivity index (χ0v) is 12.5. The van der Waals surface area contributed by atoms with Crippen molar-refractivity contribution in [2.45, 2.75) is 9.92 Å². The van der Waals surface area contributed by atoms with Crippen molar-refractivity contribution in [2.75, 3.05) is 27.2 Å². The fourth-order valence-electron chi connectivity index (χ4n) is 1.59. The molecule has 1 heterocycles. The summed E-state index contributed by atoms with van der Waals surface area (Å²) in [6.07, 6.45) is 0. The van der Waals surface area contributed by atoms with Crippen molar-refractivity contribution in [1.82, 2.24) is 5.16 Å². The summed E-state index contributed by atoms with van der Waals surface area (Å²) < 4.78 is 34.5. The number of nitrogens with zero attached hydrogens (tertiary/aromatic N) is 2. The Hall–Kier alpha value is -2.13. The summed E-state index contributed by atoms with van der Waals surface area (Å²) in [5, 5.41) is 14.3. The van der Waals surface area contributed by atoms with Crippen LogP contribution in [0.5, 0.6) is 5.88 Å². The lowest BCUT2D eigenvalue weighted by Gasteiger charge is -2.06. The maximum absolute atomic E-state index is 12.4. The lowest BCUT2D eigenvalue weighted by Crippen LogP contribution is -3.06. The van der Waals surface area contributed by atoms with Crippen LogP contribution in [0.4, 0.5) is 0 Å². The van der Waals surface area contributed by atoms with Gasteiger partial charge in [0.2, 0.25) is 0 Å². The second-order valence-corrected chi connectivity index (χ2v) is 6.53. The van der Waals surface area contributed by atoms with Gasteiger partial charge in [0, 0.05) is 0 Å². The molecule has 0 atom stereocenters. The van der Waals surface area contributed by atoms with Crippen LogP contribution in [0.1, 0.15) is 0 Å². The second kappa shape index (κ2) is 6.10. The standard InChI is InChI=1S/C12H15N3O5S/c1-14(2)8-9-19-11-12(15(16)20-13-11)21(17,18)10-6-4-3-5-7-10/h3-7H,8-9H2,1-2H3/p+1. The Kier molecular flexibility index (Phi) is 4.43. The SMILES string of the molecule is C[NH+](C)CCOc1no[n+]([O-])c1S(=O)(=O)c1ccccc1. The minimum atomic E-state index is -4.05. The van der Waals surface area contributed by atoms with E-state index in [1.165, 1.54) is 12.1 Å². The third-order valence-electron chi connectivity index (χ3n) is 2.70. The maximum atomic E-state index is 12.4. The number of quaternary nitrogens is 1. The molecule has 21 heavy (non-hydrogen) atoms. The van der Waals surface area contributed by atoms with Crippen LogP contribution in [-0.4, -0.2) is 40.8 Å². The van der Waals surface area contributed by atoms with Gasteiger partial charge in [-0.25, -0.2) is 8.42 Å². The van der Waals surface area contributed by atoms with Gasteiger partial charge < -0.3 is 14.8 Å². The van der Waals surface area contributed by atoms with Gasteiger partial charge >= 0.3 is 10.9 Å². The van der Waals surface area contributed by atoms with Crippen molar-refractivity contribution in [3.63, 3.8) is 0 Å². The number of rotatable bonds is 6. The molecule has 0 aliphatic carbocycles. The summed E-state index contributed by atoms with van der Waals surface area (Å²) in [6, 6.07) is 7.57. The number of sulfone groups is 1. The molecule has 2 rings (SSSR count). The van der Waals surface area contributed by atoms with Crippen molar-refractivity contribution >= 4 is 9.84 Å². The van der Waals surface area contributed by atoms with Crippen LogP contribution in [0.3, 0.4) is 0 Å². The van der Waals surface area contributed by atoms with Gasteiger partial charge in [-0.2, -0.15) is 0 Å². The fraction of sp³-hybridized carbons (Fsp3) is 0.333. The fourth-order valence-corrected chi connectivity index (χ4v) is 2.89. The molecule has 1 aromatic carbocycles. The summed E-state index contributed by atoms with van der Waals surface area (Å²) >= 11 is 0. The summed E-state index contributed by atoms with van der Waals surface area (Å²) in [4.78, 5) is 0.932. The van der Waals surface area contributed by atoms with E-state index in [1.54, 1.807) is 18.2 Å². The number of aromatic nitrogens is 2. The molecular formula is C12H16N3O5S+. The topological polar surface area (TPSA) is 101 Å². The predicted molar refractivity (Wildman–Crippen MR) is 70.5 cm³/mol. The van der Waals surface area contributed by atoms with Crippen LogP contribution in [0.15, 0.2) is 44.9 Å². The molecule has 0 aliphatic rings. The molecule has 9 heteroatoms. The van der Waals surface area contributed by atoms with Crippen LogP contribution < -0.4 is 14.5 Å². The average Bonchev–Trinajstić information content (AvgIpc) is 2.81. The van der Waals surface area contributed by atoms with E-state index in [9.17, 15) is 13.6 Å². The van der Waals surface area contributed by atoms with Gasteiger partial charge in [0.05, 0.1) is 24.1 Å². The summed E-state index contributed by atoms with van der Waals surface area (Å²) in [5.74, 6) is -0.324. The van der Waals surface area contributed by atoms with Gasteiger partial charge in [0.15, 0.2) is 0 Å². The number of hydrogen-bond acceptors (Lipinski definition) is 6. The van der Waals surface area contributed by atoms with E-state index in [-0.39, 0.29) is 22.3 Å². The van der Waals surface area contributed by atoms with Crippen LogP contribution in [0.2, 0.25) is 0 Å². The van der Waals surface area contributed by atoms with Crippen molar-refractivity contribution in [3.05, 3.63) is 35.5 Å². The molecule has 0 saturated carbocycles. The number of ether oxygens (including phenoxy) is 1. The lowest BCUT2D eigenvalue weighted by atomic mass is 10.4. The van der Waals surface area contributed by atoms with E-state index in [0.29, 0.717) is 6.54 Å². The quantitative estimate of drug-likeness (QED) is 0.663. The maximum Gasteiger partial charge on any atom is 0.415 e. The highest BCUT2D eigenvalue weighted by Gasteiger charge is 2.35. The number of hydrogen-bond donors (Lipinski definition) is 1. The van der Waals surface area contributed by atoms with Gasteiger partial charge in [-0.1, -0.05) is 18.2 Å². The molecule has 0 radical (unpaired) electrons. The van der Waals surface area contributed by atoms with Crippen molar-refractivity contribution < 1.29 is 27.6 Å². The van der Waals surface area contributed by atoms with Gasteiger partial charge in [0.1, 0.15) is 13.2 Å². The predicted octanol–water partition coefficient (Wildman–Crippen LogP) is -1.34. The van der Waals surface area contributed by atoms with E-state index in [4.69, 9.17) is 4.74 Å². The Bertz CT molecular complexity index is 697. The zero-order chi connectivity index (χ0) is 15.5. The van der Waals surface area contributed by atoms with Crippen LogP contribution in [0.25, 0.3) is 0 Å². The molecule has 0 unspecified atom stereocenters. The van der Waals surface area contributed by atoms with E-state index in [2.05, 4.69) is 9.79 Å². The lowest BCUT2D eigenvalue weighted by molar-refractivity contribution is -0.858. The van der Waals surface area contributed by atoms with Crippen molar-refractivity contribution in [3.8, 4) is 5.88 Å². The summed E-state index contributed by atoms with van der Waals surface area (Å²) in [6.45, 7) is 0.836. The summed E-state index contributed by atoms with van der Waals surface area (Å²) in [5.41, 5.74) is 0. The molecule has 0 saturated heterocycles. The zero-order valence-electron chi connectivity index (χ0n) is 11.6. The first-order valence-electron chi connectivity index (χ1n) is 6.24. The molecule has 0 spiro atoms. The van der Waals surface area contributed by atoms with Crippen molar-refractivity contribution in [2.24, 2.45) is 0 Å². The number of likely N-dealkylation sites (N-methyl/N-ethyl adjacent to an activating group) is 1. The monoisotopic (exact) mass is 314 g/mol. The molecule has 114 valence electrons. The highest BCUT2D eigenvalue weighted by Crippen LogP contribution is 2.24. The van der Waals surface area contributed by atoms with E-state index in [0.717, 1.165) is 4.90 Å². The minimum Gasteiger partial charge on any atom is -0.448 e. The van der Waals surface area contributed by atoms with Gasteiger partial charge in [-0.3, -0.25) is 4.63 Å². The van der Waals surface area contributed by atoms with Crippen molar-refractivity contribution in [1.29, 1.82) is 0 Å². The first-order chi connectivity index (χ1) is 9.93. The smallest absolute Gasteiger partial charge is 0.415 e. The molecule has 0 amide bonds. The van der Waals surface area contributed by atoms with E-state index in [1.807, 2.05) is 14.1 Å². The normalized spacial score (nSPS) is 11.8. The molecule has 0 fully saturated rings. The Labute approximate surface area is 122 Å². The van der Waals surface area contributed by atoms with E-state index >= 15 is 0 Å². The van der Waals surface area contributed by atoms with E-state index < -0.39 is 14.9 Å². The molecule has 8 nitrogen and oxygen atoms in total. The Morgan fingerprint density at radius 1 is 1.33 bits per heavy atom. The Morgan fingerprint density at radius 3 is 2.62 bits per heavy atom. The Morgan fingerprint density at radius 2 is 2.00 bits per heavy atom. The Balaban J connectivity index is 2.33. The molecule has 2 aromatic rings. The number of nitrogens with one attached hydrogen (secondary N) is 1. The molecule has 1 N–H and O–H groups in total. The average molecular weight is 314 g/mol. The van der Waals surface area contributed by atoms with Gasteiger partial charge in [-0.15, -0.1) is 0 Å². The minimum absolute atomic E-state index is 0.0270. The molecule has 1 aromatic heterocycles. The molecule has 0 bridgehead atoms. The molecular weight excluding hydrogens is 298 g/mol. The van der Waals surface area contributed by atoms with Crippen LogP contribution >= 0.6 is 0 Å². The second-order valence-electron chi connectivity index (χ2n) is 4.66. The van der Waals surface area contributed by atoms with Gasteiger partial charge in [-0.05, 0) is 17.0 Å². The third kappa shape index (κ3) is 3.31.